The van der Waals surface area contributed by atoms with Crippen LogP contribution in [0.25, 0.3) is 0 Å². The average Bonchev–Trinajstić information content (AvgIpc) is 1.74. The summed E-state index contributed by atoms with van der Waals surface area (Å²) in [4.78, 5) is 0. The fourth-order valence-electron chi connectivity index (χ4n) is 1.42. The molecule has 0 atom stereocenters. The monoisotopic (exact) mass is 232 g/mol. The third-order valence-electron chi connectivity index (χ3n) is 1.77. The van der Waals surface area contributed by atoms with Gasteiger partial charge in [0.2, 0.25) is 0 Å². The van der Waals surface area contributed by atoms with Gasteiger partial charge in [0, 0.05) is 0 Å². The summed E-state index contributed by atoms with van der Waals surface area (Å²) < 4.78 is 71.2. The van der Waals surface area contributed by atoms with Crippen LogP contribution < -0.4 is 0 Å². The lowest BCUT2D eigenvalue weighted by atomic mass is 9.83. The van der Waals surface area contributed by atoms with Crippen LogP contribution in [0.1, 0.15) is 0 Å². The maximum absolute atomic E-state index is 12.1. The van der Waals surface area contributed by atoms with Gasteiger partial charge < -0.3 is 30.4 Å². The van der Waals surface area contributed by atoms with Gasteiger partial charge in [-0.15, -0.1) is 6.42 Å². The molecule has 0 heterocycles. The fourth-order valence-corrected chi connectivity index (χ4v) is 1.42. The van der Waals surface area contributed by atoms with Gasteiger partial charge in [-0.3, -0.25) is 0 Å². The quantitative estimate of drug-likeness (QED) is 0.293. The van der Waals surface area contributed by atoms with Gasteiger partial charge in [-0.25, -0.2) is 0 Å². The lowest BCUT2D eigenvalue weighted by Crippen LogP contribution is -2.57. The highest BCUT2D eigenvalue weighted by Crippen LogP contribution is 2.20. The van der Waals surface area contributed by atoms with Crippen molar-refractivity contribution in [2.45, 2.75) is 0 Å². The minimum Gasteiger partial charge on any atom is -0.445 e. The van der Waals surface area contributed by atoms with E-state index in [0.29, 0.717) is 0 Å². The van der Waals surface area contributed by atoms with Crippen LogP contribution in [0, 0.1) is 12.3 Å². The molecular formula is C6H10B2F6N-. The molecule has 0 unspecified atom stereocenters. The summed E-state index contributed by atoms with van der Waals surface area (Å²) in [6.45, 7) is -11.1. The summed E-state index contributed by atoms with van der Waals surface area (Å²) in [5.74, 6) is 1.85. The summed E-state index contributed by atoms with van der Waals surface area (Å²) in [7, 11) is 0.865. The second-order valence-corrected chi connectivity index (χ2v) is 3.77. The van der Waals surface area contributed by atoms with E-state index in [1.807, 2.05) is 5.92 Å². The minimum atomic E-state index is -5.28. The first-order valence-electron chi connectivity index (χ1n) is 4.16. The van der Waals surface area contributed by atoms with Gasteiger partial charge in [-0.2, -0.15) is 0 Å². The normalized spacial score (nSPS) is 13.7. The van der Waals surface area contributed by atoms with Crippen molar-refractivity contribution < 1.29 is 30.4 Å². The number of terminal acetylenes is 1. The lowest BCUT2D eigenvalue weighted by Gasteiger charge is -2.40. The Labute approximate surface area is 84.1 Å². The van der Waals surface area contributed by atoms with Crippen molar-refractivity contribution in [3.8, 4) is 12.3 Å². The molecular weight excluding hydrogens is 222 g/mol. The molecule has 0 saturated carbocycles. The van der Waals surface area contributed by atoms with Crippen LogP contribution in [0.4, 0.5) is 25.9 Å². The van der Waals surface area contributed by atoms with Crippen molar-refractivity contribution in [3.05, 3.63) is 0 Å². The maximum Gasteiger partial charge on any atom is 0.531 e. The third kappa shape index (κ3) is 7.19. The van der Waals surface area contributed by atoms with Crippen LogP contribution in [0.5, 0.6) is 0 Å². The highest BCUT2D eigenvalue weighted by Gasteiger charge is 2.41. The van der Waals surface area contributed by atoms with Gasteiger partial charge in [0.25, 0.3) is 0 Å². The van der Waals surface area contributed by atoms with Crippen molar-refractivity contribution in [3.63, 3.8) is 0 Å². The molecule has 15 heavy (non-hydrogen) atoms. The SMILES string of the molecule is C#CC[N+](C)(C[B-](F)(F)F)C[B-](F)(F)F. The third-order valence-corrected chi connectivity index (χ3v) is 1.77. The number of hydrogen-bond donors (Lipinski definition) is 0. The molecule has 0 rings (SSSR count). The zero-order valence-corrected chi connectivity index (χ0v) is 8.07. The highest BCUT2D eigenvalue weighted by molar-refractivity contribution is 6.59. The maximum atomic E-state index is 12.1. The summed E-state index contributed by atoms with van der Waals surface area (Å²) in [6.07, 6.45) is 1.75. The van der Waals surface area contributed by atoms with Gasteiger partial charge in [-0.1, -0.05) is 0 Å². The van der Waals surface area contributed by atoms with Crippen molar-refractivity contribution in [2.24, 2.45) is 0 Å². The van der Waals surface area contributed by atoms with Crippen LogP contribution in [-0.4, -0.2) is 44.9 Å². The Bertz CT molecular complexity index is 236. The smallest absolute Gasteiger partial charge is 0.445 e. The molecule has 0 fully saturated rings. The Kier molecular flexibility index (Phi) is 4.16. The Morgan fingerprint density at radius 3 is 1.53 bits per heavy atom. The molecule has 0 aliphatic rings. The second kappa shape index (κ2) is 4.39. The van der Waals surface area contributed by atoms with E-state index in [-0.39, 0.29) is 0 Å². The van der Waals surface area contributed by atoms with Crippen LogP contribution in [0.15, 0.2) is 0 Å². The summed E-state index contributed by atoms with van der Waals surface area (Å²) in [5.41, 5.74) is 0. The molecule has 0 aliphatic heterocycles. The molecule has 0 spiro atoms. The summed E-state index contributed by atoms with van der Waals surface area (Å²) >= 11 is 0. The Balaban J connectivity index is 4.69. The first-order valence-corrected chi connectivity index (χ1v) is 4.16. The Morgan fingerprint density at radius 2 is 1.33 bits per heavy atom. The zero-order valence-electron chi connectivity index (χ0n) is 8.07. The lowest BCUT2D eigenvalue weighted by molar-refractivity contribution is -0.886. The van der Waals surface area contributed by atoms with Gasteiger partial charge in [0.05, 0.1) is 19.9 Å². The molecule has 0 aliphatic carbocycles. The molecule has 0 aromatic carbocycles. The zero-order chi connectivity index (χ0) is 12.3. The van der Waals surface area contributed by atoms with Crippen molar-refractivity contribution in [1.82, 2.24) is 0 Å². The van der Waals surface area contributed by atoms with Gasteiger partial charge in [-0.05, 0) is 5.92 Å². The van der Waals surface area contributed by atoms with Crippen molar-refractivity contribution in [2.75, 3.05) is 26.5 Å². The predicted octanol–water partition coefficient (Wildman–Crippen LogP) is 1.84. The molecule has 88 valence electrons. The van der Waals surface area contributed by atoms with Gasteiger partial charge in [0.1, 0.15) is 6.54 Å². The summed E-state index contributed by atoms with van der Waals surface area (Å²) in [6, 6.07) is 0. The first-order chi connectivity index (χ1) is 6.47. The van der Waals surface area contributed by atoms with E-state index in [9.17, 15) is 25.9 Å². The molecule has 0 bridgehead atoms. The van der Waals surface area contributed by atoms with E-state index in [1.54, 1.807) is 0 Å². The molecule has 0 aromatic heterocycles. The van der Waals surface area contributed by atoms with E-state index >= 15 is 0 Å². The Morgan fingerprint density at radius 1 is 1.00 bits per heavy atom. The van der Waals surface area contributed by atoms with E-state index in [4.69, 9.17) is 6.42 Å². The fraction of sp³-hybridized carbons (Fsp3) is 0.667. The second-order valence-electron chi connectivity index (χ2n) is 3.77. The number of halogens is 6. The molecule has 0 aromatic rings. The molecule has 0 amide bonds. The average molecular weight is 232 g/mol. The molecule has 0 saturated heterocycles. The van der Waals surface area contributed by atoms with E-state index < -0.39 is 37.9 Å². The molecule has 9 heteroatoms. The van der Waals surface area contributed by atoms with Crippen molar-refractivity contribution in [1.29, 1.82) is 0 Å². The Hall–Kier alpha value is -0.770. The van der Waals surface area contributed by atoms with Crippen LogP contribution in [0.2, 0.25) is 0 Å². The van der Waals surface area contributed by atoms with Crippen LogP contribution in [-0.2, 0) is 0 Å². The first kappa shape index (κ1) is 14.2. The van der Waals surface area contributed by atoms with Gasteiger partial charge >= 0.3 is 14.0 Å². The van der Waals surface area contributed by atoms with E-state index in [2.05, 4.69) is 0 Å². The summed E-state index contributed by atoms with van der Waals surface area (Å²) in [5, 5.41) is 0. The van der Waals surface area contributed by atoms with E-state index in [1.165, 1.54) is 0 Å². The number of quaternary nitrogens is 1. The molecule has 0 N–H and O–H groups in total. The number of hydrogen-bond acceptors (Lipinski definition) is 0. The van der Waals surface area contributed by atoms with Crippen LogP contribution in [0.3, 0.4) is 0 Å². The number of nitrogens with zero attached hydrogens (tertiary/aromatic N) is 1. The predicted molar refractivity (Wildman–Crippen MR) is 47.8 cm³/mol. The standard InChI is InChI=1S/C6H10B2F6N/c1-3-4-15(2,5-7(9,10)11)6-8(12,13)14/h1H,4-6H2,2H3/q-1. The van der Waals surface area contributed by atoms with E-state index in [0.717, 1.165) is 7.05 Å². The molecule has 0 radical (unpaired) electrons. The van der Waals surface area contributed by atoms with Crippen LogP contribution >= 0.6 is 0 Å². The highest BCUT2D eigenvalue weighted by atomic mass is 19.4. The van der Waals surface area contributed by atoms with Gasteiger partial charge in [0.15, 0.2) is 0 Å². The minimum absolute atomic E-state index is 0.581. The number of rotatable bonds is 5. The molecule has 1 nitrogen and oxygen atoms in total. The largest absolute Gasteiger partial charge is 0.531 e. The topological polar surface area (TPSA) is 0 Å². The van der Waals surface area contributed by atoms with Crippen molar-refractivity contribution >= 4 is 14.0 Å².